The number of nitrogens with one attached hydrogen (secondary N) is 5. The highest BCUT2D eigenvalue weighted by molar-refractivity contribution is 7.98. The van der Waals surface area contributed by atoms with Crippen LogP contribution in [0.3, 0.4) is 0 Å². The molecule has 1 aromatic heterocycles. The van der Waals surface area contributed by atoms with Gasteiger partial charge in [0.05, 0.1) is 6.54 Å². The van der Waals surface area contributed by atoms with E-state index in [-0.39, 0.29) is 43.3 Å². The highest BCUT2D eigenvalue weighted by Gasteiger charge is 2.29. The molecule has 14 heteroatoms. The second kappa shape index (κ2) is 17.2. The van der Waals surface area contributed by atoms with Crippen LogP contribution in [0.25, 0.3) is 10.9 Å². The van der Waals surface area contributed by atoms with Crippen molar-refractivity contribution in [2.45, 2.75) is 36.7 Å². The first-order valence-electron chi connectivity index (χ1n) is 13.7. The number of amides is 5. The van der Waals surface area contributed by atoms with E-state index >= 15 is 0 Å². The lowest BCUT2D eigenvalue weighted by atomic mass is 10.0. The Morgan fingerprint density at radius 3 is 2.23 bits per heavy atom. The number of hydrogen-bond donors (Lipinski definition) is 8. The van der Waals surface area contributed by atoms with E-state index in [1.807, 2.05) is 54.6 Å². The van der Waals surface area contributed by atoms with Crippen molar-refractivity contribution in [1.29, 1.82) is 0 Å². The normalized spacial score (nSPS) is 13.0. The van der Waals surface area contributed by atoms with Gasteiger partial charge in [-0.15, -0.1) is 0 Å². The molecule has 2 aromatic carbocycles. The molecule has 0 saturated heterocycles. The fourth-order valence-electron chi connectivity index (χ4n) is 4.18. The quantitative estimate of drug-likeness (QED) is 0.0961. The van der Waals surface area contributed by atoms with Crippen LogP contribution in [0.4, 0.5) is 0 Å². The van der Waals surface area contributed by atoms with Gasteiger partial charge in [-0.3, -0.25) is 24.0 Å². The number of fused-ring (bicyclic) bond motifs is 1. The minimum atomic E-state index is -1.12. The van der Waals surface area contributed by atoms with Gasteiger partial charge in [-0.05, 0) is 17.2 Å². The van der Waals surface area contributed by atoms with E-state index in [0.717, 1.165) is 22.0 Å². The molecule has 0 spiro atoms. The van der Waals surface area contributed by atoms with Gasteiger partial charge in [0.2, 0.25) is 29.5 Å². The summed E-state index contributed by atoms with van der Waals surface area (Å²) >= 11 is 5.64. The lowest BCUT2D eigenvalue weighted by Gasteiger charge is -2.24. The molecule has 0 aliphatic carbocycles. The van der Waals surface area contributed by atoms with E-state index in [9.17, 15) is 24.0 Å². The molecule has 3 aromatic rings. The van der Waals surface area contributed by atoms with E-state index in [2.05, 4.69) is 38.9 Å². The average Bonchev–Trinajstić information content (AvgIpc) is 3.41. The Morgan fingerprint density at radius 2 is 1.53 bits per heavy atom. The third-order valence-corrected chi connectivity index (χ3v) is 7.91. The number of H-pyrrole nitrogens is 1. The third-order valence-electron chi connectivity index (χ3n) is 6.44. The van der Waals surface area contributed by atoms with Crippen LogP contribution in [-0.2, 0) is 36.1 Å². The van der Waals surface area contributed by atoms with E-state index in [1.54, 1.807) is 6.20 Å². The van der Waals surface area contributed by atoms with Crippen LogP contribution < -0.4 is 32.7 Å². The fourth-order valence-corrected chi connectivity index (χ4v) is 5.45. The molecule has 0 saturated carbocycles. The molecule has 5 amide bonds. The molecule has 0 unspecified atom stereocenters. The minimum Gasteiger partial charge on any atom is -0.368 e. The number of para-hydroxylation sites is 1. The molecular weight excluding hydrogens is 590 g/mol. The number of aromatic nitrogens is 1. The molecule has 0 aliphatic heterocycles. The Bertz CT molecular complexity index is 1400. The lowest BCUT2D eigenvalue weighted by Crippen LogP contribution is -2.58. The molecule has 1 heterocycles. The Balaban J connectivity index is 1.65. The molecule has 230 valence electrons. The topological polar surface area (TPSA) is 201 Å². The van der Waals surface area contributed by atoms with E-state index in [4.69, 9.17) is 11.5 Å². The largest absolute Gasteiger partial charge is 0.368 e. The molecule has 9 N–H and O–H groups in total. The lowest BCUT2D eigenvalue weighted by molar-refractivity contribution is -0.132. The second-order valence-corrected chi connectivity index (χ2v) is 11.1. The average molecular weight is 628 g/mol. The number of nitrogens with two attached hydrogens (primary N) is 2. The Kier molecular flexibility index (Phi) is 13.4. The van der Waals surface area contributed by atoms with Crippen molar-refractivity contribution < 1.29 is 24.0 Å². The van der Waals surface area contributed by atoms with Gasteiger partial charge in [-0.1, -0.05) is 48.5 Å². The zero-order valence-electron chi connectivity index (χ0n) is 23.5. The maximum absolute atomic E-state index is 13.3. The fraction of sp³-hybridized carbons (Fsp3) is 0.345. The van der Waals surface area contributed by atoms with Crippen molar-refractivity contribution in [3.05, 3.63) is 71.9 Å². The molecule has 3 atom stereocenters. The van der Waals surface area contributed by atoms with Crippen molar-refractivity contribution >= 4 is 64.8 Å². The Morgan fingerprint density at radius 1 is 0.860 bits per heavy atom. The van der Waals surface area contributed by atoms with Gasteiger partial charge in [-0.25, -0.2) is 0 Å². The molecule has 0 fully saturated rings. The summed E-state index contributed by atoms with van der Waals surface area (Å²) < 4.78 is 0. The number of rotatable bonds is 17. The van der Waals surface area contributed by atoms with E-state index < -0.39 is 41.8 Å². The number of hydrogen-bond acceptors (Lipinski definition) is 8. The summed E-state index contributed by atoms with van der Waals surface area (Å²) in [5.74, 6) is -2.28. The van der Waals surface area contributed by atoms with E-state index in [0.29, 0.717) is 5.75 Å². The molecule has 0 bridgehead atoms. The Hall–Kier alpha value is -4.01. The van der Waals surface area contributed by atoms with Gasteiger partial charge in [0.1, 0.15) is 18.1 Å². The summed E-state index contributed by atoms with van der Waals surface area (Å²) in [4.78, 5) is 66.1. The number of carbonyl (C=O) groups excluding carboxylic acids is 5. The maximum atomic E-state index is 13.3. The van der Waals surface area contributed by atoms with Gasteiger partial charge in [0.25, 0.3) is 0 Å². The van der Waals surface area contributed by atoms with Crippen LogP contribution in [0.5, 0.6) is 0 Å². The summed E-state index contributed by atoms with van der Waals surface area (Å²) in [7, 11) is 0. The van der Waals surface area contributed by atoms with Crippen LogP contribution in [0.1, 0.15) is 17.5 Å². The van der Waals surface area contributed by atoms with Crippen molar-refractivity contribution in [2.75, 3.05) is 24.6 Å². The summed E-state index contributed by atoms with van der Waals surface area (Å²) in [6.45, 7) is -0.198. The number of aromatic amines is 1. The summed E-state index contributed by atoms with van der Waals surface area (Å²) in [5.41, 5.74) is 13.7. The predicted molar refractivity (Wildman–Crippen MR) is 170 cm³/mol. The van der Waals surface area contributed by atoms with Gasteiger partial charge in [0.15, 0.2) is 0 Å². The summed E-state index contributed by atoms with van der Waals surface area (Å²) in [6, 6.07) is 13.9. The predicted octanol–water partition coefficient (Wildman–Crippen LogP) is -0.0217. The Labute approximate surface area is 259 Å². The number of thioether (sulfide) groups is 1. The van der Waals surface area contributed by atoms with Gasteiger partial charge in [0, 0.05) is 53.7 Å². The van der Waals surface area contributed by atoms with Crippen LogP contribution in [-0.4, -0.2) is 77.2 Å². The first kappa shape index (κ1) is 33.5. The maximum Gasteiger partial charge on any atom is 0.244 e. The van der Waals surface area contributed by atoms with Crippen LogP contribution in [0, 0.1) is 0 Å². The van der Waals surface area contributed by atoms with Gasteiger partial charge >= 0.3 is 0 Å². The highest BCUT2D eigenvalue weighted by Crippen LogP contribution is 2.19. The number of benzene rings is 2. The zero-order chi connectivity index (χ0) is 31.2. The van der Waals surface area contributed by atoms with Crippen LogP contribution >= 0.6 is 24.4 Å². The van der Waals surface area contributed by atoms with Crippen LogP contribution in [0.15, 0.2) is 60.8 Å². The zero-order valence-corrected chi connectivity index (χ0v) is 25.2. The SMILES string of the molecule is NCCC(=O)NCC(=O)N[C@@H](CSCc1ccccc1)C(=O)N[C@@H](CS)C(=O)N[C@@H](Cc1c[nH]c2ccccc12)C(N)=O. The molecule has 3 rings (SSSR count). The number of carbonyl (C=O) groups is 5. The van der Waals surface area contributed by atoms with Crippen molar-refractivity contribution in [3.63, 3.8) is 0 Å². The number of thiol groups is 1. The van der Waals surface area contributed by atoms with E-state index in [1.165, 1.54) is 11.8 Å². The summed E-state index contributed by atoms with van der Waals surface area (Å²) in [5, 5.41) is 11.2. The first-order chi connectivity index (χ1) is 20.7. The molecular formula is C29H37N7O5S2. The monoisotopic (exact) mass is 627 g/mol. The van der Waals surface area contributed by atoms with Crippen molar-refractivity contribution in [3.8, 4) is 0 Å². The smallest absolute Gasteiger partial charge is 0.244 e. The van der Waals surface area contributed by atoms with Crippen molar-refractivity contribution in [2.24, 2.45) is 11.5 Å². The van der Waals surface area contributed by atoms with Gasteiger partial charge < -0.3 is 37.7 Å². The molecule has 12 nitrogen and oxygen atoms in total. The highest BCUT2D eigenvalue weighted by atomic mass is 32.2. The number of primary amides is 1. The van der Waals surface area contributed by atoms with Crippen LogP contribution in [0.2, 0.25) is 0 Å². The second-order valence-electron chi connectivity index (χ2n) is 9.71. The molecule has 0 aliphatic rings. The summed E-state index contributed by atoms with van der Waals surface area (Å²) in [6.07, 6.45) is 1.96. The first-order valence-corrected chi connectivity index (χ1v) is 15.4. The third kappa shape index (κ3) is 10.6. The van der Waals surface area contributed by atoms with Gasteiger partial charge in [-0.2, -0.15) is 24.4 Å². The van der Waals surface area contributed by atoms with Crippen molar-refractivity contribution in [1.82, 2.24) is 26.3 Å². The standard InChI is InChI=1S/C29H37N7O5S2/c30-11-10-25(37)33-14-26(38)34-24(17-43-16-18-6-2-1-3-7-18)29(41)36-23(15-42)28(40)35-22(27(31)39)12-19-13-32-21-9-5-4-8-20(19)21/h1-9,13,22-24,32,42H,10-12,14-17,30H2,(H2,31,39)(H,33,37)(H,34,38)(H,35,40)(H,36,41)/t22-,23-,24-/m0/s1. The minimum absolute atomic E-state index is 0.0649. The molecule has 0 radical (unpaired) electrons. The molecule has 43 heavy (non-hydrogen) atoms.